The first-order valence-electron chi connectivity index (χ1n) is 16.8. The average molecular weight is 625 g/mol. The summed E-state index contributed by atoms with van der Waals surface area (Å²) >= 11 is 0. The molecular weight excluding hydrogens is 593 g/mol. The summed E-state index contributed by atoms with van der Waals surface area (Å²) in [6.45, 7) is 0. The molecule has 49 heavy (non-hydrogen) atoms. The molecular formula is C47H32N2. The highest BCUT2D eigenvalue weighted by Crippen LogP contribution is 2.56. The van der Waals surface area contributed by atoms with Crippen molar-refractivity contribution < 1.29 is 0 Å². The van der Waals surface area contributed by atoms with Crippen LogP contribution in [0.5, 0.6) is 0 Å². The van der Waals surface area contributed by atoms with Gasteiger partial charge in [-0.2, -0.15) is 0 Å². The van der Waals surface area contributed by atoms with Gasteiger partial charge in [-0.05, 0) is 56.6 Å². The van der Waals surface area contributed by atoms with Gasteiger partial charge in [-0.15, -0.1) is 0 Å². The fourth-order valence-corrected chi connectivity index (χ4v) is 7.53. The quantitative estimate of drug-likeness (QED) is 0.184. The highest BCUT2D eigenvalue weighted by Gasteiger charge is 2.45. The van der Waals surface area contributed by atoms with Crippen LogP contribution in [0.1, 0.15) is 22.3 Å². The lowest BCUT2D eigenvalue weighted by molar-refractivity contribution is 0.768. The Morgan fingerprint density at radius 3 is 1.37 bits per heavy atom. The second-order valence-corrected chi connectivity index (χ2v) is 12.6. The normalized spacial score (nSPS) is 12.7. The molecule has 0 aliphatic heterocycles. The van der Waals surface area contributed by atoms with Gasteiger partial charge >= 0.3 is 0 Å². The van der Waals surface area contributed by atoms with E-state index in [-0.39, 0.29) is 0 Å². The largest absolute Gasteiger partial charge is 0.228 e. The SMILES string of the molecule is c1ccc(-c2cc(-c3ccc(-c4ccc5c(c4)-c4ccccc4C5(c4ccccc4)c4ccccc4)cc3)nc(-c3ccccc3)n2)cc1. The van der Waals surface area contributed by atoms with E-state index in [4.69, 9.17) is 9.97 Å². The zero-order valence-electron chi connectivity index (χ0n) is 26.9. The Hall–Kier alpha value is -6.38. The molecule has 230 valence electrons. The number of rotatable bonds is 6. The van der Waals surface area contributed by atoms with E-state index >= 15 is 0 Å². The summed E-state index contributed by atoms with van der Waals surface area (Å²) in [7, 11) is 0. The van der Waals surface area contributed by atoms with E-state index in [0.717, 1.165) is 33.9 Å². The molecule has 8 aromatic rings. The average Bonchev–Trinajstić information content (AvgIpc) is 3.49. The standard InChI is InChI=1S/C47H32N2/c1-5-15-34(16-6-1)44-32-45(49-46(48-44)36-17-7-2-8-18-36)35-27-25-33(26-28-35)37-29-30-43-41(31-37)40-23-13-14-24-42(40)47(43,38-19-9-3-10-20-38)39-21-11-4-12-22-39/h1-32H. The summed E-state index contributed by atoms with van der Waals surface area (Å²) < 4.78 is 0. The van der Waals surface area contributed by atoms with Crippen LogP contribution in [-0.4, -0.2) is 9.97 Å². The summed E-state index contributed by atoms with van der Waals surface area (Å²) in [6.07, 6.45) is 0. The highest BCUT2D eigenvalue weighted by molar-refractivity contribution is 5.89. The summed E-state index contributed by atoms with van der Waals surface area (Å²) in [5.41, 5.74) is 14.6. The summed E-state index contributed by atoms with van der Waals surface area (Å²) in [5.74, 6) is 0.721. The number of hydrogen-bond acceptors (Lipinski definition) is 2. The number of nitrogens with zero attached hydrogens (tertiary/aromatic N) is 2. The zero-order chi connectivity index (χ0) is 32.6. The van der Waals surface area contributed by atoms with Gasteiger partial charge in [0, 0.05) is 16.7 Å². The van der Waals surface area contributed by atoms with E-state index in [1.165, 1.54) is 44.5 Å². The van der Waals surface area contributed by atoms with Crippen molar-refractivity contribution in [3.05, 3.63) is 216 Å². The number of fused-ring (bicyclic) bond motifs is 3. The third kappa shape index (κ3) is 4.89. The zero-order valence-corrected chi connectivity index (χ0v) is 26.9. The molecule has 2 heteroatoms. The van der Waals surface area contributed by atoms with Crippen LogP contribution in [-0.2, 0) is 5.41 Å². The van der Waals surface area contributed by atoms with E-state index in [9.17, 15) is 0 Å². The van der Waals surface area contributed by atoms with Crippen molar-refractivity contribution in [3.8, 4) is 56.2 Å². The fraction of sp³-hybridized carbons (Fsp3) is 0.0213. The van der Waals surface area contributed by atoms with Crippen LogP contribution in [0.15, 0.2) is 194 Å². The van der Waals surface area contributed by atoms with Gasteiger partial charge in [0.2, 0.25) is 0 Å². The van der Waals surface area contributed by atoms with Crippen molar-refractivity contribution in [1.82, 2.24) is 9.97 Å². The van der Waals surface area contributed by atoms with Crippen LogP contribution >= 0.6 is 0 Å². The maximum Gasteiger partial charge on any atom is 0.160 e. The minimum absolute atomic E-state index is 0.392. The Morgan fingerprint density at radius 1 is 0.306 bits per heavy atom. The summed E-state index contributed by atoms with van der Waals surface area (Å²) in [5, 5.41) is 0. The molecule has 0 spiro atoms. The lowest BCUT2D eigenvalue weighted by Crippen LogP contribution is -2.28. The van der Waals surface area contributed by atoms with E-state index in [0.29, 0.717) is 0 Å². The molecule has 1 heterocycles. The topological polar surface area (TPSA) is 25.8 Å². The van der Waals surface area contributed by atoms with Gasteiger partial charge in [-0.3, -0.25) is 0 Å². The molecule has 0 bridgehead atoms. The van der Waals surface area contributed by atoms with E-state index < -0.39 is 5.41 Å². The van der Waals surface area contributed by atoms with Gasteiger partial charge in [-0.25, -0.2) is 9.97 Å². The predicted molar refractivity (Wildman–Crippen MR) is 201 cm³/mol. The third-order valence-corrected chi connectivity index (χ3v) is 9.80. The molecule has 0 saturated heterocycles. The number of hydrogen-bond donors (Lipinski definition) is 0. The third-order valence-electron chi connectivity index (χ3n) is 9.80. The smallest absolute Gasteiger partial charge is 0.160 e. The van der Waals surface area contributed by atoms with Crippen LogP contribution in [0.4, 0.5) is 0 Å². The van der Waals surface area contributed by atoms with Crippen molar-refractivity contribution in [3.63, 3.8) is 0 Å². The van der Waals surface area contributed by atoms with Crippen LogP contribution in [0.25, 0.3) is 56.2 Å². The fourth-order valence-electron chi connectivity index (χ4n) is 7.53. The highest BCUT2D eigenvalue weighted by atomic mass is 14.9. The van der Waals surface area contributed by atoms with Crippen LogP contribution < -0.4 is 0 Å². The molecule has 0 radical (unpaired) electrons. The molecule has 0 fully saturated rings. The maximum atomic E-state index is 5.04. The molecule has 1 aliphatic carbocycles. The van der Waals surface area contributed by atoms with Gasteiger partial charge < -0.3 is 0 Å². The lowest BCUT2D eigenvalue weighted by atomic mass is 9.67. The summed E-state index contributed by atoms with van der Waals surface area (Å²) in [4.78, 5) is 10.00. The minimum Gasteiger partial charge on any atom is -0.228 e. The molecule has 1 aliphatic rings. The van der Waals surface area contributed by atoms with Crippen molar-refractivity contribution in [2.45, 2.75) is 5.41 Å². The predicted octanol–water partition coefficient (Wildman–Crippen LogP) is 11.5. The van der Waals surface area contributed by atoms with Crippen molar-refractivity contribution in [2.75, 3.05) is 0 Å². The van der Waals surface area contributed by atoms with E-state index in [2.05, 4.69) is 158 Å². The van der Waals surface area contributed by atoms with Gasteiger partial charge in [0.1, 0.15) is 0 Å². The number of aromatic nitrogens is 2. The molecule has 7 aromatic carbocycles. The Kier molecular flexibility index (Phi) is 7.06. The molecule has 9 rings (SSSR count). The van der Waals surface area contributed by atoms with Crippen molar-refractivity contribution >= 4 is 0 Å². The van der Waals surface area contributed by atoms with Crippen LogP contribution in [0, 0.1) is 0 Å². The Balaban J connectivity index is 1.15. The van der Waals surface area contributed by atoms with Gasteiger partial charge in [0.15, 0.2) is 5.82 Å². The molecule has 1 aromatic heterocycles. The van der Waals surface area contributed by atoms with E-state index in [1.807, 2.05) is 36.4 Å². The molecule has 0 amide bonds. The Morgan fingerprint density at radius 2 is 0.755 bits per heavy atom. The second-order valence-electron chi connectivity index (χ2n) is 12.6. The monoisotopic (exact) mass is 624 g/mol. The Labute approximate surface area is 287 Å². The van der Waals surface area contributed by atoms with Gasteiger partial charge in [0.05, 0.1) is 16.8 Å². The Bertz CT molecular complexity index is 2300. The maximum absolute atomic E-state index is 5.04. The molecule has 0 atom stereocenters. The first kappa shape index (κ1) is 28.8. The lowest BCUT2D eigenvalue weighted by Gasteiger charge is -2.33. The summed E-state index contributed by atoms with van der Waals surface area (Å²) in [6, 6.07) is 69.2. The van der Waals surface area contributed by atoms with Gasteiger partial charge in [0.25, 0.3) is 0 Å². The molecule has 0 N–H and O–H groups in total. The van der Waals surface area contributed by atoms with Gasteiger partial charge in [-0.1, -0.05) is 182 Å². The number of benzene rings is 7. The van der Waals surface area contributed by atoms with Crippen molar-refractivity contribution in [2.24, 2.45) is 0 Å². The minimum atomic E-state index is -0.392. The van der Waals surface area contributed by atoms with Crippen LogP contribution in [0.2, 0.25) is 0 Å². The molecule has 0 saturated carbocycles. The molecule has 2 nitrogen and oxygen atoms in total. The van der Waals surface area contributed by atoms with Crippen LogP contribution in [0.3, 0.4) is 0 Å². The van der Waals surface area contributed by atoms with E-state index in [1.54, 1.807) is 0 Å². The first-order chi connectivity index (χ1) is 24.3. The molecule has 0 unspecified atom stereocenters. The van der Waals surface area contributed by atoms with Crippen molar-refractivity contribution in [1.29, 1.82) is 0 Å². The first-order valence-corrected chi connectivity index (χ1v) is 16.8. The second kappa shape index (κ2) is 12.0.